The Hall–Kier alpha value is -2.87. The summed E-state index contributed by atoms with van der Waals surface area (Å²) in [5, 5.41) is 2.56. The molecule has 0 unspecified atom stereocenters. The number of anilines is 1. The van der Waals surface area contributed by atoms with Gasteiger partial charge in [0.25, 0.3) is 0 Å². The lowest BCUT2D eigenvalue weighted by molar-refractivity contribution is -0.113. The maximum Gasteiger partial charge on any atom is 0.337 e. The SMILES string of the molecule is CCOc1ccccc1NC(=O)CS(=O)(=O)Cc1ccc(C(=O)OC)cc1. The van der Waals surface area contributed by atoms with E-state index < -0.39 is 27.5 Å². The van der Waals surface area contributed by atoms with Crippen LogP contribution in [0.25, 0.3) is 0 Å². The van der Waals surface area contributed by atoms with Gasteiger partial charge in [0.05, 0.1) is 30.7 Å². The van der Waals surface area contributed by atoms with Crippen LogP contribution in [0.1, 0.15) is 22.8 Å². The third-order valence-electron chi connectivity index (χ3n) is 3.57. The molecule has 0 aromatic heterocycles. The molecule has 1 N–H and O–H groups in total. The summed E-state index contributed by atoms with van der Waals surface area (Å²) in [6.45, 7) is 2.24. The first-order valence-corrected chi connectivity index (χ1v) is 10.1. The van der Waals surface area contributed by atoms with Crippen molar-refractivity contribution in [3.05, 3.63) is 59.7 Å². The fourth-order valence-corrected chi connectivity index (χ4v) is 3.67. The summed E-state index contributed by atoms with van der Waals surface area (Å²) in [6.07, 6.45) is 0. The number of amides is 1. The smallest absolute Gasteiger partial charge is 0.337 e. The molecular weight excluding hydrogens is 370 g/mol. The van der Waals surface area contributed by atoms with Crippen LogP contribution in [-0.4, -0.2) is 39.8 Å². The van der Waals surface area contributed by atoms with Crippen molar-refractivity contribution in [1.82, 2.24) is 0 Å². The number of hydrogen-bond acceptors (Lipinski definition) is 6. The number of hydrogen-bond donors (Lipinski definition) is 1. The zero-order valence-electron chi connectivity index (χ0n) is 15.1. The van der Waals surface area contributed by atoms with E-state index in [0.717, 1.165) is 0 Å². The maximum absolute atomic E-state index is 12.3. The van der Waals surface area contributed by atoms with Gasteiger partial charge in [-0.1, -0.05) is 24.3 Å². The third-order valence-corrected chi connectivity index (χ3v) is 5.05. The quantitative estimate of drug-likeness (QED) is 0.694. The number of esters is 1. The standard InChI is InChI=1S/C19H21NO6S/c1-3-26-17-7-5-4-6-16(17)20-18(21)13-27(23,24)12-14-8-10-15(11-9-14)19(22)25-2/h4-11H,3,12-13H2,1-2H3,(H,20,21). The predicted octanol–water partition coefficient (Wildman–Crippen LogP) is 2.43. The first-order valence-electron chi connectivity index (χ1n) is 8.24. The highest BCUT2D eigenvalue weighted by Gasteiger charge is 2.19. The molecule has 0 aliphatic heterocycles. The van der Waals surface area contributed by atoms with Crippen molar-refractivity contribution in [3.63, 3.8) is 0 Å². The molecule has 0 heterocycles. The van der Waals surface area contributed by atoms with Gasteiger partial charge in [0.15, 0.2) is 9.84 Å². The van der Waals surface area contributed by atoms with E-state index in [0.29, 0.717) is 29.2 Å². The Bertz CT molecular complexity index is 906. The molecule has 0 radical (unpaired) electrons. The largest absolute Gasteiger partial charge is 0.492 e. The first-order chi connectivity index (χ1) is 12.8. The van der Waals surface area contributed by atoms with Gasteiger partial charge >= 0.3 is 5.97 Å². The summed E-state index contributed by atoms with van der Waals surface area (Å²) >= 11 is 0. The van der Waals surface area contributed by atoms with Crippen LogP contribution in [0.2, 0.25) is 0 Å². The second-order valence-electron chi connectivity index (χ2n) is 5.70. The minimum Gasteiger partial charge on any atom is -0.492 e. The molecule has 2 aromatic rings. The van der Waals surface area contributed by atoms with E-state index in [-0.39, 0.29) is 5.75 Å². The Morgan fingerprint density at radius 2 is 1.70 bits per heavy atom. The average Bonchev–Trinajstić information content (AvgIpc) is 2.62. The molecule has 0 atom stereocenters. The number of rotatable bonds is 8. The fourth-order valence-electron chi connectivity index (χ4n) is 2.40. The summed E-state index contributed by atoms with van der Waals surface area (Å²) in [7, 11) is -2.42. The van der Waals surface area contributed by atoms with Crippen LogP contribution in [0.4, 0.5) is 5.69 Å². The molecule has 2 aromatic carbocycles. The normalized spacial score (nSPS) is 10.9. The van der Waals surface area contributed by atoms with Crippen LogP contribution in [0.5, 0.6) is 5.75 Å². The molecule has 0 aliphatic carbocycles. The Morgan fingerprint density at radius 1 is 1.04 bits per heavy atom. The molecule has 0 aliphatic rings. The summed E-state index contributed by atoms with van der Waals surface area (Å²) in [4.78, 5) is 23.5. The van der Waals surface area contributed by atoms with Gasteiger partial charge in [-0.25, -0.2) is 13.2 Å². The number of benzene rings is 2. The first kappa shape index (κ1) is 20.4. The van der Waals surface area contributed by atoms with Gasteiger partial charge in [0, 0.05) is 0 Å². The number of methoxy groups -OCH3 is 1. The van der Waals surface area contributed by atoms with Crippen LogP contribution in [0.15, 0.2) is 48.5 Å². The number of sulfone groups is 1. The van der Waals surface area contributed by atoms with Crippen LogP contribution in [0.3, 0.4) is 0 Å². The van der Waals surface area contributed by atoms with Gasteiger partial charge in [-0.15, -0.1) is 0 Å². The molecule has 0 saturated carbocycles. The van der Waals surface area contributed by atoms with Crippen molar-refractivity contribution in [2.75, 3.05) is 24.8 Å². The highest BCUT2D eigenvalue weighted by Crippen LogP contribution is 2.23. The number of nitrogens with one attached hydrogen (secondary N) is 1. The molecule has 2 rings (SSSR count). The molecule has 27 heavy (non-hydrogen) atoms. The highest BCUT2D eigenvalue weighted by molar-refractivity contribution is 7.91. The van der Waals surface area contributed by atoms with Crippen molar-refractivity contribution >= 4 is 27.4 Å². The van der Waals surface area contributed by atoms with Crippen LogP contribution < -0.4 is 10.1 Å². The molecule has 0 bridgehead atoms. The number of carbonyl (C=O) groups excluding carboxylic acids is 2. The molecular formula is C19H21NO6S. The summed E-state index contributed by atoms with van der Waals surface area (Å²) in [6, 6.07) is 12.8. The van der Waals surface area contributed by atoms with Crippen LogP contribution >= 0.6 is 0 Å². The van der Waals surface area contributed by atoms with E-state index in [1.165, 1.54) is 31.4 Å². The van der Waals surface area contributed by atoms with E-state index in [1.54, 1.807) is 24.3 Å². The number of para-hydroxylation sites is 2. The van der Waals surface area contributed by atoms with Gasteiger partial charge in [0.2, 0.25) is 5.91 Å². The van der Waals surface area contributed by atoms with E-state index in [4.69, 9.17) is 4.74 Å². The second-order valence-corrected chi connectivity index (χ2v) is 7.76. The Labute approximate surface area is 158 Å². The monoisotopic (exact) mass is 391 g/mol. The van der Waals surface area contributed by atoms with Gasteiger partial charge in [-0.05, 0) is 36.8 Å². The van der Waals surface area contributed by atoms with Gasteiger partial charge in [-0.3, -0.25) is 4.79 Å². The molecule has 1 amide bonds. The Morgan fingerprint density at radius 3 is 2.33 bits per heavy atom. The molecule has 0 spiro atoms. The number of ether oxygens (including phenoxy) is 2. The predicted molar refractivity (Wildman–Crippen MR) is 102 cm³/mol. The number of carbonyl (C=O) groups is 2. The zero-order chi connectivity index (χ0) is 19.9. The molecule has 8 heteroatoms. The lowest BCUT2D eigenvalue weighted by Gasteiger charge is -2.11. The Balaban J connectivity index is 2.01. The van der Waals surface area contributed by atoms with Crippen LogP contribution in [0, 0.1) is 0 Å². The van der Waals surface area contributed by atoms with E-state index in [2.05, 4.69) is 10.1 Å². The van der Waals surface area contributed by atoms with Crippen molar-refractivity contribution in [3.8, 4) is 5.75 Å². The van der Waals surface area contributed by atoms with Crippen LogP contribution in [-0.2, 0) is 25.1 Å². The van der Waals surface area contributed by atoms with E-state index in [9.17, 15) is 18.0 Å². The van der Waals surface area contributed by atoms with Crippen molar-refractivity contribution in [1.29, 1.82) is 0 Å². The molecule has 0 saturated heterocycles. The summed E-state index contributed by atoms with van der Waals surface area (Å²) < 4.78 is 34.6. The van der Waals surface area contributed by atoms with Gasteiger partial charge < -0.3 is 14.8 Å². The minimum atomic E-state index is -3.69. The van der Waals surface area contributed by atoms with Crippen molar-refractivity contribution in [2.24, 2.45) is 0 Å². The maximum atomic E-state index is 12.3. The summed E-state index contributed by atoms with van der Waals surface area (Å²) in [5.41, 5.74) is 1.22. The second kappa shape index (κ2) is 9.18. The van der Waals surface area contributed by atoms with Crippen molar-refractivity contribution < 1.29 is 27.5 Å². The average molecular weight is 391 g/mol. The van der Waals surface area contributed by atoms with Gasteiger partial charge in [-0.2, -0.15) is 0 Å². The zero-order valence-corrected chi connectivity index (χ0v) is 15.9. The minimum absolute atomic E-state index is 0.311. The van der Waals surface area contributed by atoms with E-state index >= 15 is 0 Å². The van der Waals surface area contributed by atoms with Crippen molar-refractivity contribution in [2.45, 2.75) is 12.7 Å². The highest BCUT2D eigenvalue weighted by atomic mass is 32.2. The lowest BCUT2D eigenvalue weighted by Crippen LogP contribution is -2.24. The molecule has 0 fully saturated rings. The summed E-state index contributed by atoms with van der Waals surface area (Å²) in [5.74, 6) is -1.64. The topological polar surface area (TPSA) is 98.8 Å². The van der Waals surface area contributed by atoms with E-state index in [1.807, 2.05) is 6.92 Å². The molecule has 7 nitrogen and oxygen atoms in total. The third kappa shape index (κ3) is 6.10. The molecule has 144 valence electrons. The lowest BCUT2D eigenvalue weighted by atomic mass is 10.1. The van der Waals surface area contributed by atoms with Gasteiger partial charge in [0.1, 0.15) is 11.5 Å². The fraction of sp³-hybridized carbons (Fsp3) is 0.263. The Kier molecular flexibility index (Phi) is 6.95.